The maximum atomic E-state index is 4.39. The van der Waals surface area contributed by atoms with Crippen LogP contribution in [-0.4, -0.2) is 22.9 Å². The molecule has 4 heteroatoms. The Bertz CT molecular complexity index is 597. The van der Waals surface area contributed by atoms with Gasteiger partial charge < -0.3 is 10.2 Å². The maximum absolute atomic E-state index is 4.39. The van der Waals surface area contributed by atoms with Crippen LogP contribution >= 0.6 is 0 Å². The van der Waals surface area contributed by atoms with Crippen LogP contribution in [0.3, 0.4) is 0 Å². The molecule has 1 saturated heterocycles. The van der Waals surface area contributed by atoms with E-state index in [-0.39, 0.29) is 0 Å². The Kier molecular flexibility index (Phi) is 4.25. The summed E-state index contributed by atoms with van der Waals surface area (Å²) < 4.78 is 1.88. The summed E-state index contributed by atoms with van der Waals surface area (Å²) in [5, 5.41) is 7.94. The summed E-state index contributed by atoms with van der Waals surface area (Å²) in [4.78, 5) is 2.51. The Morgan fingerprint density at radius 1 is 1.10 bits per heavy atom. The molecule has 1 aromatic carbocycles. The average molecular weight is 284 g/mol. The molecule has 112 valence electrons. The van der Waals surface area contributed by atoms with Crippen molar-refractivity contribution in [1.82, 2.24) is 15.1 Å². The Labute approximate surface area is 126 Å². The van der Waals surface area contributed by atoms with Gasteiger partial charge >= 0.3 is 0 Å². The van der Waals surface area contributed by atoms with Gasteiger partial charge in [-0.1, -0.05) is 18.2 Å². The van der Waals surface area contributed by atoms with E-state index in [0.29, 0.717) is 0 Å². The molecule has 1 aliphatic rings. The molecule has 0 amide bonds. The first-order chi connectivity index (χ1) is 10.2. The molecule has 1 fully saturated rings. The zero-order valence-corrected chi connectivity index (χ0v) is 13.0. The second-order valence-corrected chi connectivity index (χ2v) is 5.84. The molecule has 0 unspecified atom stereocenters. The molecule has 0 radical (unpaired) electrons. The highest BCUT2D eigenvalue weighted by atomic mass is 15.2. The molecule has 0 bridgehead atoms. The molecule has 0 aliphatic carbocycles. The number of hydrogen-bond acceptors (Lipinski definition) is 3. The second kappa shape index (κ2) is 6.31. The largest absolute Gasteiger partial charge is 0.371 e. The van der Waals surface area contributed by atoms with E-state index in [1.807, 2.05) is 11.7 Å². The molecule has 1 aromatic heterocycles. The van der Waals surface area contributed by atoms with Crippen molar-refractivity contribution in [3.05, 3.63) is 47.3 Å². The summed E-state index contributed by atoms with van der Waals surface area (Å²) in [6.45, 7) is 6.22. The number of anilines is 1. The second-order valence-electron chi connectivity index (χ2n) is 5.84. The van der Waals surface area contributed by atoms with E-state index in [1.54, 1.807) is 0 Å². The van der Waals surface area contributed by atoms with Crippen molar-refractivity contribution < 1.29 is 0 Å². The lowest BCUT2D eigenvalue weighted by atomic mass is 10.1. The standard InChI is InChI=1S/C17H24N4/c1-14-16(13-20(2)19-14)12-18-11-15-7-3-4-8-17(15)21-9-5-6-10-21/h3-4,7-8,13,18H,5-6,9-12H2,1-2H3. The normalized spacial score (nSPS) is 14.9. The fraction of sp³-hybridized carbons (Fsp3) is 0.471. The van der Waals surface area contributed by atoms with Crippen LogP contribution in [0.2, 0.25) is 0 Å². The van der Waals surface area contributed by atoms with Crippen molar-refractivity contribution in [1.29, 1.82) is 0 Å². The van der Waals surface area contributed by atoms with Gasteiger partial charge in [0.25, 0.3) is 0 Å². The predicted molar refractivity (Wildman–Crippen MR) is 86.4 cm³/mol. The average Bonchev–Trinajstić information content (AvgIpc) is 3.10. The summed E-state index contributed by atoms with van der Waals surface area (Å²) in [5.74, 6) is 0. The van der Waals surface area contributed by atoms with Crippen LogP contribution in [0.15, 0.2) is 30.5 Å². The van der Waals surface area contributed by atoms with Crippen LogP contribution < -0.4 is 10.2 Å². The highest BCUT2D eigenvalue weighted by Gasteiger charge is 2.15. The lowest BCUT2D eigenvalue weighted by Gasteiger charge is -2.21. The predicted octanol–water partition coefficient (Wildman–Crippen LogP) is 2.62. The number of benzene rings is 1. The molecule has 3 rings (SSSR count). The van der Waals surface area contributed by atoms with E-state index in [0.717, 1.165) is 18.8 Å². The highest BCUT2D eigenvalue weighted by Crippen LogP contribution is 2.24. The first kappa shape index (κ1) is 14.1. The van der Waals surface area contributed by atoms with Crippen LogP contribution in [-0.2, 0) is 20.1 Å². The smallest absolute Gasteiger partial charge is 0.0638 e. The first-order valence-electron chi connectivity index (χ1n) is 7.77. The minimum atomic E-state index is 0.869. The van der Waals surface area contributed by atoms with Crippen LogP contribution in [0.1, 0.15) is 29.7 Å². The van der Waals surface area contributed by atoms with Crippen molar-refractivity contribution in [3.8, 4) is 0 Å². The molecule has 0 atom stereocenters. The Morgan fingerprint density at radius 3 is 2.52 bits per heavy atom. The number of nitrogens with one attached hydrogen (secondary N) is 1. The molecular formula is C17H24N4. The van der Waals surface area contributed by atoms with Gasteiger partial charge in [0.15, 0.2) is 0 Å². The molecule has 1 N–H and O–H groups in total. The molecule has 0 spiro atoms. The van der Waals surface area contributed by atoms with Gasteiger partial charge in [0.1, 0.15) is 0 Å². The zero-order chi connectivity index (χ0) is 14.7. The van der Waals surface area contributed by atoms with Crippen molar-refractivity contribution in [3.63, 3.8) is 0 Å². The monoisotopic (exact) mass is 284 g/mol. The molecule has 21 heavy (non-hydrogen) atoms. The molecule has 2 heterocycles. The lowest BCUT2D eigenvalue weighted by Crippen LogP contribution is -2.21. The number of para-hydroxylation sites is 1. The quantitative estimate of drug-likeness (QED) is 0.916. The summed E-state index contributed by atoms with van der Waals surface area (Å²) in [7, 11) is 1.97. The van der Waals surface area contributed by atoms with E-state index >= 15 is 0 Å². The Balaban J connectivity index is 1.64. The van der Waals surface area contributed by atoms with E-state index in [9.17, 15) is 0 Å². The maximum Gasteiger partial charge on any atom is 0.0638 e. The van der Waals surface area contributed by atoms with E-state index < -0.39 is 0 Å². The van der Waals surface area contributed by atoms with Crippen molar-refractivity contribution in [2.24, 2.45) is 7.05 Å². The molecule has 1 aliphatic heterocycles. The fourth-order valence-electron chi connectivity index (χ4n) is 3.08. The third-order valence-electron chi connectivity index (χ3n) is 4.18. The number of nitrogens with zero attached hydrogens (tertiary/aromatic N) is 3. The number of rotatable bonds is 5. The van der Waals surface area contributed by atoms with E-state index in [1.165, 1.54) is 42.7 Å². The molecular weight excluding hydrogens is 260 g/mol. The third-order valence-corrected chi connectivity index (χ3v) is 4.18. The Hall–Kier alpha value is -1.81. The SMILES string of the molecule is Cc1nn(C)cc1CNCc1ccccc1N1CCCC1. The highest BCUT2D eigenvalue weighted by molar-refractivity contribution is 5.54. The topological polar surface area (TPSA) is 33.1 Å². The van der Waals surface area contributed by atoms with E-state index in [4.69, 9.17) is 0 Å². The van der Waals surface area contributed by atoms with Gasteiger partial charge in [0.05, 0.1) is 5.69 Å². The minimum absolute atomic E-state index is 0.869. The third kappa shape index (κ3) is 3.27. The van der Waals surface area contributed by atoms with Gasteiger partial charge in [-0.05, 0) is 31.4 Å². The van der Waals surface area contributed by atoms with Crippen LogP contribution in [0.4, 0.5) is 5.69 Å². The van der Waals surface area contributed by atoms with Gasteiger partial charge in [0, 0.05) is 50.7 Å². The summed E-state index contributed by atoms with van der Waals surface area (Å²) in [5.41, 5.74) is 5.17. The lowest BCUT2D eigenvalue weighted by molar-refractivity contribution is 0.688. The first-order valence-corrected chi connectivity index (χ1v) is 7.77. The summed E-state index contributed by atoms with van der Waals surface area (Å²) >= 11 is 0. The van der Waals surface area contributed by atoms with Crippen molar-refractivity contribution in [2.75, 3.05) is 18.0 Å². The Morgan fingerprint density at radius 2 is 1.81 bits per heavy atom. The van der Waals surface area contributed by atoms with Gasteiger partial charge in [-0.2, -0.15) is 5.10 Å². The van der Waals surface area contributed by atoms with Gasteiger partial charge in [-0.25, -0.2) is 0 Å². The van der Waals surface area contributed by atoms with Crippen LogP contribution in [0.25, 0.3) is 0 Å². The van der Waals surface area contributed by atoms with Crippen LogP contribution in [0.5, 0.6) is 0 Å². The minimum Gasteiger partial charge on any atom is -0.371 e. The molecule has 2 aromatic rings. The number of aromatic nitrogens is 2. The van der Waals surface area contributed by atoms with Gasteiger partial charge in [0.2, 0.25) is 0 Å². The molecule has 4 nitrogen and oxygen atoms in total. The fourth-order valence-corrected chi connectivity index (χ4v) is 3.08. The summed E-state index contributed by atoms with van der Waals surface area (Å²) in [6, 6.07) is 8.75. The van der Waals surface area contributed by atoms with Gasteiger partial charge in [-0.3, -0.25) is 4.68 Å². The summed E-state index contributed by atoms with van der Waals surface area (Å²) in [6.07, 6.45) is 4.72. The van der Waals surface area contributed by atoms with Crippen molar-refractivity contribution >= 4 is 5.69 Å². The van der Waals surface area contributed by atoms with E-state index in [2.05, 4.69) is 52.7 Å². The van der Waals surface area contributed by atoms with Crippen molar-refractivity contribution in [2.45, 2.75) is 32.9 Å². The number of hydrogen-bond donors (Lipinski definition) is 1. The van der Waals surface area contributed by atoms with Crippen LogP contribution in [0, 0.1) is 6.92 Å². The zero-order valence-electron chi connectivity index (χ0n) is 13.0. The van der Waals surface area contributed by atoms with Gasteiger partial charge in [-0.15, -0.1) is 0 Å². The number of aryl methyl sites for hydroxylation is 2. The molecule has 0 saturated carbocycles.